The smallest absolute Gasteiger partial charge is 0.304 e. The number of hydrogen-bond donors (Lipinski definition) is 3. The zero-order valence-electron chi connectivity index (χ0n) is 20.9. The quantitative estimate of drug-likeness (QED) is 0.383. The number of anilines is 2. The lowest BCUT2D eigenvalue weighted by molar-refractivity contribution is -0.137. The molecular formula is C27H36N6O2. The molecule has 186 valence electrons. The molecule has 1 unspecified atom stereocenters. The van der Waals surface area contributed by atoms with Crippen molar-refractivity contribution in [3.8, 4) is 0 Å². The van der Waals surface area contributed by atoms with Gasteiger partial charge in [0, 0.05) is 25.9 Å². The third-order valence-electron chi connectivity index (χ3n) is 7.47. The topological polar surface area (TPSA) is 119 Å². The maximum atomic E-state index is 11.8. The average Bonchev–Trinajstić information content (AvgIpc) is 3.28. The number of aromatic nitrogens is 4. The Labute approximate surface area is 206 Å². The second-order valence-corrected chi connectivity index (χ2v) is 9.79. The summed E-state index contributed by atoms with van der Waals surface area (Å²) in [4.78, 5) is 11.8. The Morgan fingerprint density at radius 1 is 1.20 bits per heavy atom. The van der Waals surface area contributed by atoms with E-state index in [-0.39, 0.29) is 12.3 Å². The largest absolute Gasteiger partial charge is 0.481 e. The van der Waals surface area contributed by atoms with E-state index in [1.54, 1.807) is 0 Å². The van der Waals surface area contributed by atoms with Gasteiger partial charge < -0.3 is 16.2 Å². The first kappa shape index (κ1) is 24.7. The van der Waals surface area contributed by atoms with Crippen molar-refractivity contribution in [2.75, 3.05) is 18.1 Å². The number of nitrogens with zero attached hydrogens (tertiary/aromatic N) is 4. The number of carboxylic acids is 1. The number of aliphatic carboxylic acids is 1. The van der Waals surface area contributed by atoms with E-state index in [1.807, 2.05) is 36.9 Å². The van der Waals surface area contributed by atoms with Gasteiger partial charge in [0.05, 0.1) is 17.8 Å². The van der Waals surface area contributed by atoms with Gasteiger partial charge in [-0.15, -0.1) is 5.10 Å². The van der Waals surface area contributed by atoms with Crippen LogP contribution in [0.4, 0.5) is 11.4 Å². The molecule has 0 spiro atoms. The van der Waals surface area contributed by atoms with E-state index < -0.39 is 5.97 Å². The normalized spacial score (nSPS) is 15.2. The van der Waals surface area contributed by atoms with Crippen molar-refractivity contribution in [1.82, 2.24) is 20.2 Å². The number of rotatable bonds is 9. The molecule has 1 aliphatic carbocycles. The van der Waals surface area contributed by atoms with E-state index in [1.165, 1.54) is 32.1 Å². The van der Waals surface area contributed by atoms with Gasteiger partial charge in [0.2, 0.25) is 0 Å². The van der Waals surface area contributed by atoms with Crippen molar-refractivity contribution in [2.24, 2.45) is 5.92 Å². The van der Waals surface area contributed by atoms with Crippen LogP contribution < -0.4 is 11.1 Å². The van der Waals surface area contributed by atoms with Gasteiger partial charge in [-0.25, -0.2) is 4.68 Å². The third-order valence-corrected chi connectivity index (χ3v) is 7.47. The summed E-state index contributed by atoms with van der Waals surface area (Å²) >= 11 is 0. The Kier molecular flexibility index (Phi) is 7.68. The maximum Gasteiger partial charge on any atom is 0.304 e. The van der Waals surface area contributed by atoms with Crippen molar-refractivity contribution in [3.05, 3.63) is 64.0 Å². The van der Waals surface area contributed by atoms with Gasteiger partial charge in [-0.2, -0.15) is 0 Å². The molecular weight excluding hydrogens is 440 g/mol. The van der Waals surface area contributed by atoms with E-state index in [4.69, 9.17) is 5.73 Å². The molecule has 1 aliphatic rings. The minimum Gasteiger partial charge on any atom is -0.481 e. The first-order valence-electron chi connectivity index (χ1n) is 12.5. The average molecular weight is 477 g/mol. The number of nitrogen functional groups attached to an aromatic ring is 1. The molecule has 8 heteroatoms. The molecule has 0 saturated heterocycles. The summed E-state index contributed by atoms with van der Waals surface area (Å²) in [5, 5.41) is 25.4. The van der Waals surface area contributed by atoms with Crippen LogP contribution in [0.1, 0.15) is 78.1 Å². The summed E-state index contributed by atoms with van der Waals surface area (Å²) in [7, 11) is 1.83. The second kappa shape index (κ2) is 10.9. The van der Waals surface area contributed by atoms with E-state index in [0.717, 1.165) is 45.9 Å². The highest BCUT2D eigenvalue weighted by Crippen LogP contribution is 2.36. The Hall–Kier alpha value is -3.42. The molecule has 4 N–H and O–H groups in total. The highest BCUT2D eigenvalue weighted by molar-refractivity contribution is 5.74. The van der Waals surface area contributed by atoms with Crippen LogP contribution in [0, 0.1) is 19.8 Å². The monoisotopic (exact) mass is 476 g/mol. The number of nitrogens with two attached hydrogens (primary N) is 1. The lowest BCUT2D eigenvalue weighted by Gasteiger charge is -2.22. The summed E-state index contributed by atoms with van der Waals surface area (Å²) in [6.07, 6.45) is 6.96. The van der Waals surface area contributed by atoms with Crippen LogP contribution in [0.2, 0.25) is 0 Å². The van der Waals surface area contributed by atoms with Crippen LogP contribution >= 0.6 is 0 Å². The number of tetrazole rings is 1. The molecule has 4 rings (SSSR count). The second-order valence-electron chi connectivity index (χ2n) is 9.79. The molecule has 35 heavy (non-hydrogen) atoms. The Morgan fingerprint density at radius 3 is 2.69 bits per heavy atom. The fourth-order valence-electron chi connectivity index (χ4n) is 5.30. The molecule has 1 atom stereocenters. The summed E-state index contributed by atoms with van der Waals surface area (Å²) in [6.45, 7) is 4.89. The summed E-state index contributed by atoms with van der Waals surface area (Å²) in [6, 6.07) is 10.1. The number of benzene rings is 2. The molecule has 2 aromatic carbocycles. The summed E-state index contributed by atoms with van der Waals surface area (Å²) < 4.78 is 1.96. The fraction of sp³-hybridized carbons (Fsp3) is 0.481. The van der Waals surface area contributed by atoms with Gasteiger partial charge in [-0.1, -0.05) is 43.5 Å². The van der Waals surface area contributed by atoms with Crippen LogP contribution in [0.5, 0.6) is 0 Å². The van der Waals surface area contributed by atoms with Gasteiger partial charge in [0.1, 0.15) is 0 Å². The van der Waals surface area contributed by atoms with E-state index in [2.05, 4.69) is 39.9 Å². The predicted molar refractivity (Wildman–Crippen MR) is 138 cm³/mol. The first-order chi connectivity index (χ1) is 16.9. The van der Waals surface area contributed by atoms with E-state index in [0.29, 0.717) is 18.0 Å². The molecule has 3 aromatic rings. The lowest BCUT2D eigenvalue weighted by atomic mass is 9.83. The standard InChI is InChI=1S/C27H36N6O2/c1-17-9-10-20(23(15-26(34)35)22-11-12-24(29-3)27(28)18(22)2)13-21(17)14-25-30-31-32-33(25)16-19-7-5-4-6-8-19/h9-13,19,23,29H,4-8,14-16,28H2,1-3H3,(H,34,35). The van der Waals surface area contributed by atoms with Gasteiger partial charge in [-0.3, -0.25) is 4.79 Å². The van der Waals surface area contributed by atoms with Gasteiger partial charge in [0.25, 0.3) is 0 Å². The van der Waals surface area contributed by atoms with Crippen molar-refractivity contribution in [2.45, 2.75) is 71.3 Å². The highest BCUT2D eigenvalue weighted by Gasteiger charge is 2.23. The van der Waals surface area contributed by atoms with E-state index >= 15 is 0 Å². The zero-order chi connectivity index (χ0) is 24.9. The van der Waals surface area contributed by atoms with E-state index in [9.17, 15) is 9.90 Å². The number of carboxylic acid groups (broad SMARTS) is 1. The van der Waals surface area contributed by atoms with Crippen molar-refractivity contribution >= 4 is 17.3 Å². The van der Waals surface area contributed by atoms with Gasteiger partial charge >= 0.3 is 5.97 Å². The minimum atomic E-state index is -0.843. The van der Waals surface area contributed by atoms with Crippen LogP contribution in [-0.2, 0) is 17.8 Å². The molecule has 0 aliphatic heterocycles. The molecule has 1 fully saturated rings. The van der Waals surface area contributed by atoms with Crippen LogP contribution in [0.3, 0.4) is 0 Å². The minimum absolute atomic E-state index is 0.0128. The predicted octanol–water partition coefficient (Wildman–Crippen LogP) is 4.69. The lowest BCUT2D eigenvalue weighted by Crippen LogP contribution is -2.17. The van der Waals surface area contributed by atoms with Gasteiger partial charge in [-0.05, 0) is 76.9 Å². The first-order valence-corrected chi connectivity index (χ1v) is 12.5. The number of carbonyl (C=O) groups is 1. The fourth-order valence-corrected chi connectivity index (χ4v) is 5.30. The molecule has 1 heterocycles. The number of nitrogens with one attached hydrogen (secondary N) is 1. The molecule has 0 amide bonds. The van der Waals surface area contributed by atoms with Crippen molar-refractivity contribution < 1.29 is 9.90 Å². The van der Waals surface area contributed by atoms with Gasteiger partial charge in [0.15, 0.2) is 5.82 Å². The van der Waals surface area contributed by atoms with Crippen LogP contribution in [0.25, 0.3) is 0 Å². The summed E-state index contributed by atoms with van der Waals surface area (Å²) in [5.41, 5.74) is 12.9. The molecule has 0 radical (unpaired) electrons. The SMILES string of the molecule is CNc1ccc(C(CC(=O)O)c2ccc(C)c(Cc3nnnn3CC3CCCCC3)c2)c(C)c1N. The molecule has 1 saturated carbocycles. The zero-order valence-corrected chi connectivity index (χ0v) is 20.9. The third kappa shape index (κ3) is 5.63. The Morgan fingerprint density at radius 2 is 1.97 bits per heavy atom. The maximum absolute atomic E-state index is 11.8. The highest BCUT2D eigenvalue weighted by atomic mass is 16.4. The molecule has 8 nitrogen and oxygen atoms in total. The molecule has 0 bridgehead atoms. The Bertz CT molecular complexity index is 1180. The van der Waals surface area contributed by atoms with Crippen LogP contribution in [0.15, 0.2) is 30.3 Å². The molecule has 1 aromatic heterocycles. The number of hydrogen-bond acceptors (Lipinski definition) is 6. The van der Waals surface area contributed by atoms with Crippen molar-refractivity contribution in [1.29, 1.82) is 0 Å². The summed E-state index contributed by atoms with van der Waals surface area (Å²) in [5.74, 6) is 0.333. The Balaban J connectivity index is 1.64. The van der Waals surface area contributed by atoms with Crippen LogP contribution in [-0.4, -0.2) is 38.3 Å². The van der Waals surface area contributed by atoms with Crippen molar-refractivity contribution in [3.63, 3.8) is 0 Å². The number of aryl methyl sites for hydroxylation is 1.